The van der Waals surface area contributed by atoms with Crippen molar-refractivity contribution in [3.63, 3.8) is 0 Å². The van der Waals surface area contributed by atoms with Gasteiger partial charge >= 0.3 is 0 Å². The largest absolute Gasteiger partial charge is 0.325 e. The maximum Gasteiger partial charge on any atom is 0.0162 e. The molecule has 0 amide bonds. The van der Waals surface area contributed by atoms with E-state index in [1.54, 1.807) is 0 Å². The summed E-state index contributed by atoms with van der Waals surface area (Å²) in [6, 6.07) is 10.6. The lowest BCUT2D eigenvalue weighted by Crippen LogP contribution is -2.36. The maximum atomic E-state index is 6.31. The zero-order chi connectivity index (χ0) is 10.6. The lowest BCUT2D eigenvalue weighted by Gasteiger charge is -2.22. The normalized spacial score (nSPS) is 19.3. The summed E-state index contributed by atoms with van der Waals surface area (Å²) >= 11 is 1.93. The van der Waals surface area contributed by atoms with Crippen LogP contribution in [0.4, 0.5) is 0 Å². The van der Waals surface area contributed by atoms with Crippen molar-refractivity contribution in [2.75, 3.05) is 5.75 Å². The predicted molar refractivity (Wildman–Crippen MR) is 67.2 cm³/mol. The number of thioether (sulfide) groups is 1. The Balaban J connectivity index is 1.75. The molecule has 0 spiro atoms. The molecule has 0 aromatic heterocycles. The molecule has 2 N–H and O–H groups in total. The highest BCUT2D eigenvalue weighted by Crippen LogP contribution is 2.32. The average molecular weight is 221 g/mol. The summed E-state index contributed by atoms with van der Waals surface area (Å²) in [5, 5.41) is 0. The summed E-state index contributed by atoms with van der Waals surface area (Å²) in [6.45, 7) is 0. The van der Waals surface area contributed by atoms with E-state index in [1.165, 1.54) is 30.6 Å². The minimum atomic E-state index is 0.155. The first-order valence-electron chi connectivity index (χ1n) is 5.75. The Kier molecular flexibility index (Phi) is 3.71. The van der Waals surface area contributed by atoms with Gasteiger partial charge in [-0.25, -0.2) is 0 Å². The van der Waals surface area contributed by atoms with Gasteiger partial charge in [-0.15, -0.1) is 11.8 Å². The fraction of sp³-hybridized carbons (Fsp3) is 0.538. The van der Waals surface area contributed by atoms with Crippen molar-refractivity contribution in [3.8, 4) is 0 Å². The van der Waals surface area contributed by atoms with Crippen LogP contribution in [0.2, 0.25) is 0 Å². The molecule has 0 unspecified atom stereocenters. The van der Waals surface area contributed by atoms with Gasteiger partial charge < -0.3 is 5.73 Å². The first-order chi connectivity index (χ1) is 7.29. The van der Waals surface area contributed by atoms with Gasteiger partial charge in [-0.2, -0.15) is 0 Å². The molecule has 0 atom stereocenters. The SMILES string of the molecule is NC1(CCSc2ccccc2)CCCC1. The maximum absolute atomic E-state index is 6.31. The van der Waals surface area contributed by atoms with Crippen LogP contribution < -0.4 is 5.73 Å². The summed E-state index contributed by atoms with van der Waals surface area (Å²) in [7, 11) is 0. The third kappa shape index (κ3) is 3.25. The van der Waals surface area contributed by atoms with Crippen molar-refractivity contribution in [2.24, 2.45) is 5.73 Å². The van der Waals surface area contributed by atoms with Gasteiger partial charge in [0.25, 0.3) is 0 Å². The van der Waals surface area contributed by atoms with Crippen molar-refractivity contribution in [3.05, 3.63) is 30.3 Å². The second-order valence-electron chi connectivity index (χ2n) is 4.48. The summed E-state index contributed by atoms with van der Waals surface area (Å²) in [4.78, 5) is 1.36. The topological polar surface area (TPSA) is 26.0 Å². The molecule has 0 aliphatic heterocycles. The Morgan fingerprint density at radius 2 is 1.80 bits per heavy atom. The van der Waals surface area contributed by atoms with Crippen LogP contribution in [0, 0.1) is 0 Å². The van der Waals surface area contributed by atoms with Crippen LogP contribution in [-0.4, -0.2) is 11.3 Å². The Morgan fingerprint density at radius 1 is 1.13 bits per heavy atom. The second kappa shape index (κ2) is 5.04. The molecule has 1 saturated carbocycles. The number of rotatable bonds is 4. The zero-order valence-electron chi connectivity index (χ0n) is 9.11. The molecular formula is C13H19NS. The van der Waals surface area contributed by atoms with Crippen molar-refractivity contribution < 1.29 is 0 Å². The minimum absolute atomic E-state index is 0.155. The van der Waals surface area contributed by atoms with E-state index in [2.05, 4.69) is 30.3 Å². The fourth-order valence-electron chi connectivity index (χ4n) is 2.22. The van der Waals surface area contributed by atoms with Crippen LogP contribution in [0.3, 0.4) is 0 Å². The zero-order valence-corrected chi connectivity index (χ0v) is 9.93. The van der Waals surface area contributed by atoms with E-state index in [1.807, 2.05) is 11.8 Å². The van der Waals surface area contributed by atoms with E-state index in [0.29, 0.717) is 0 Å². The molecule has 1 aromatic rings. The molecule has 15 heavy (non-hydrogen) atoms. The molecule has 0 bridgehead atoms. The van der Waals surface area contributed by atoms with Gasteiger partial charge in [0.1, 0.15) is 0 Å². The van der Waals surface area contributed by atoms with Crippen molar-refractivity contribution >= 4 is 11.8 Å². The molecule has 0 saturated heterocycles. The molecule has 1 nitrogen and oxygen atoms in total. The number of benzene rings is 1. The molecule has 1 aromatic carbocycles. The highest BCUT2D eigenvalue weighted by molar-refractivity contribution is 7.99. The summed E-state index contributed by atoms with van der Waals surface area (Å²) in [5.74, 6) is 1.15. The molecule has 0 radical (unpaired) electrons. The van der Waals surface area contributed by atoms with Gasteiger partial charge in [0.2, 0.25) is 0 Å². The molecule has 0 heterocycles. The van der Waals surface area contributed by atoms with Crippen LogP contribution in [0.25, 0.3) is 0 Å². The van der Waals surface area contributed by atoms with Crippen molar-refractivity contribution in [2.45, 2.75) is 42.5 Å². The van der Waals surface area contributed by atoms with Gasteiger partial charge in [0, 0.05) is 10.4 Å². The van der Waals surface area contributed by atoms with E-state index in [-0.39, 0.29) is 5.54 Å². The first kappa shape index (κ1) is 11.0. The number of hydrogen-bond acceptors (Lipinski definition) is 2. The minimum Gasteiger partial charge on any atom is -0.325 e. The summed E-state index contributed by atoms with van der Waals surface area (Å²) in [5.41, 5.74) is 6.46. The van der Waals surface area contributed by atoms with Gasteiger partial charge in [0.05, 0.1) is 0 Å². The monoisotopic (exact) mass is 221 g/mol. The smallest absolute Gasteiger partial charge is 0.0162 e. The Morgan fingerprint density at radius 3 is 2.47 bits per heavy atom. The van der Waals surface area contributed by atoms with Crippen LogP contribution in [-0.2, 0) is 0 Å². The first-order valence-corrected chi connectivity index (χ1v) is 6.74. The Labute approximate surface area is 96.4 Å². The lowest BCUT2D eigenvalue weighted by atomic mass is 9.96. The van der Waals surface area contributed by atoms with Crippen molar-refractivity contribution in [1.82, 2.24) is 0 Å². The van der Waals surface area contributed by atoms with E-state index in [0.717, 1.165) is 12.2 Å². The van der Waals surface area contributed by atoms with Gasteiger partial charge in [0.15, 0.2) is 0 Å². The van der Waals surface area contributed by atoms with Gasteiger partial charge in [-0.3, -0.25) is 0 Å². The van der Waals surface area contributed by atoms with Crippen LogP contribution in [0.5, 0.6) is 0 Å². The standard InChI is InChI=1S/C13H19NS/c14-13(8-4-5-9-13)10-11-15-12-6-2-1-3-7-12/h1-3,6-7H,4-5,8-11,14H2. The van der Waals surface area contributed by atoms with Gasteiger partial charge in [-0.05, 0) is 37.1 Å². The summed E-state index contributed by atoms with van der Waals surface area (Å²) < 4.78 is 0. The number of nitrogens with two attached hydrogens (primary N) is 1. The highest BCUT2D eigenvalue weighted by atomic mass is 32.2. The van der Waals surface area contributed by atoms with E-state index < -0.39 is 0 Å². The molecule has 1 fully saturated rings. The Bertz CT molecular complexity index is 291. The fourth-order valence-corrected chi connectivity index (χ4v) is 3.31. The predicted octanol–water partition coefficient (Wildman–Crippen LogP) is 3.44. The quantitative estimate of drug-likeness (QED) is 0.788. The van der Waals surface area contributed by atoms with Crippen molar-refractivity contribution in [1.29, 1.82) is 0 Å². The molecule has 82 valence electrons. The third-order valence-electron chi connectivity index (χ3n) is 3.21. The van der Waals surface area contributed by atoms with E-state index in [4.69, 9.17) is 5.73 Å². The molecular weight excluding hydrogens is 202 g/mol. The second-order valence-corrected chi connectivity index (χ2v) is 5.65. The van der Waals surface area contributed by atoms with Gasteiger partial charge in [-0.1, -0.05) is 31.0 Å². The van der Waals surface area contributed by atoms with Crippen LogP contribution in [0.15, 0.2) is 35.2 Å². The molecule has 1 aliphatic rings. The lowest BCUT2D eigenvalue weighted by molar-refractivity contribution is 0.428. The number of hydrogen-bond donors (Lipinski definition) is 1. The molecule has 2 heteroatoms. The highest BCUT2D eigenvalue weighted by Gasteiger charge is 2.28. The third-order valence-corrected chi connectivity index (χ3v) is 4.22. The van der Waals surface area contributed by atoms with E-state index >= 15 is 0 Å². The average Bonchev–Trinajstić information content (AvgIpc) is 2.67. The van der Waals surface area contributed by atoms with Crippen LogP contribution in [0.1, 0.15) is 32.1 Å². The molecule has 1 aliphatic carbocycles. The molecule has 2 rings (SSSR count). The van der Waals surface area contributed by atoms with E-state index in [9.17, 15) is 0 Å². The summed E-state index contributed by atoms with van der Waals surface area (Å²) in [6.07, 6.45) is 6.26. The Hall–Kier alpha value is -0.470. The van der Waals surface area contributed by atoms with Crippen LogP contribution >= 0.6 is 11.8 Å².